The third-order valence-electron chi connectivity index (χ3n) is 5.34. The van der Waals surface area contributed by atoms with Crippen molar-refractivity contribution >= 4 is 11.8 Å². The summed E-state index contributed by atoms with van der Waals surface area (Å²) in [6.07, 6.45) is 5.61. The first-order valence-corrected chi connectivity index (χ1v) is 8.52. The second-order valence-corrected chi connectivity index (χ2v) is 6.76. The molecule has 0 aromatic rings. The molecule has 0 aromatic carbocycles. The van der Waals surface area contributed by atoms with Crippen LogP contribution in [-0.4, -0.2) is 61.6 Å². The van der Waals surface area contributed by atoms with Gasteiger partial charge in [-0.2, -0.15) is 0 Å². The van der Waals surface area contributed by atoms with E-state index in [1.807, 2.05) is 0 Å². The van der Waals surface area contributed by atoms with E-state index in [2.05, 4.69) is 15.5 Å². The van der Waals surface area contributed by atoms with Crippen LogP contribution in [0.3, 0.4) is 0 Å². The Morgan fingerprint density at radius 2 is 1.95 bits per heavy atom. The van der Waals surface area contributed by atoms with E-state index < -0.39 is 5.54 Å². The van der Waals surface area contributed by atoms with Gasteiger partial charge >= 0.3 is 0 Å². The highest BCUT2D eigenvalue weighted by Gasteiger charge is 2.50. The number of nitrogens with zero attached hydrogens (tertiary/aromatic N) is 1. The molecule has 2 saturated heterocycles. The first-order valence-electron chi connectivity index (χ1n) is 8.52. The smallest absolute Gasteiger partial charge is 0.240 e. The van der Waals surface area contributed by atoms with Gasteiger partial charge < -0.3 is 15.4 Å². The fourth-order valence-electron chi connectivity index (χ4n) is 3.82. The number of carbonyl (C=O) groups is 2. The average molecular weight is 309 g/mol. The van der Waals surface area contributed by atoms with Crippen LogP contribution in [0.2, 0.25) is 0 Å². The van der Waals surface area contributed by atoms with Crippen LogP contribution in [0.25, 0.3) is 0 Å². The van der Waals surface area contributed by atoms with E-state index in [1.54, 1.807) is 7.05 Å². The van der Waals surface area contributed by atoms with Crippen molar-refractivity contribution in [3.05, 3.63) is 0 Å². The number of ether oxygens (including phenoxy) is 1. The Morgan fingerprint density at radius 1 is 1.23 bits per heavy atom. The fourth-order valence-corrected chi connectivity index (χ4v) is 3.82. The van der Waals surface area contributed by atoms with Crippen molar-refractivity contribution in [1.29, 1.82) is 0 Å². The summed E-state index contributed by atoms with van der Waals surface area (Å²) in [6, 6.07) is -0.172. The molecule has 6 nitrogen and oxygen atoms in total. The van der Waals surface area contributed by atoms with E-state index in [4.69, 9.17) is 4.74 Å². The van der Waals surface area contributed by atoms with Crippen LogP contribution in [0.4, 0.5) is 0 Å². The fraction of sp³-hybridized carbons (Fsp3) is 0.875. The predicted octanol–water partition coefficient (Wildman–Crippen LogP) is 0.272. The lowest BCUT2D eigenvalue weighted by Gasteiger charge is -2.45. The van der Waals surface area contributed by atoms with Crippen LogP contribution in [0, 0.1) is 5.92 Å². The molecule has 3 fully saturated rings. The molecule has 3 rings (SSSR count). The summed E-state index contributed by atoms with van der Waals surface area (Å²) in [5, 5.41) is 5.89. The molecule has 0 radical (unpaired) electrons. The van der Waals surface area contributed by atoms with Crippen LogP contribution in [-0.2, 0) is 14.3 Å². The first kappa shape index (κ1) is 15.7. The normalized spacial score (nSPS) is 28.3. The third kappa shape index (κ3) is 2.99. The zero-order chi connectivity index (χ0) is 15.6. The van der Waals surface area contributed by atoms with Gasteiger partial charge in [-0.15, -0.1) is 0 Å². The summed E-state index contributed by atoms with van der Waals surface area (Å²) in [4.78, 5) is 27.3. The number of hydrogen-bond acceptors (Lipinski definition) is 4. The molecule has 0 aromatic heterocycles. The van der Waals surface area contributed by atoms with Gasteiger partial charge in [-0.25, -0.2) is 0 Å². The summed E-state index contributed by atoms with van der Waals surface area (Å²) in [5.41, 5.74) is -0.578. The molecule has 2 heterocycles. The number of hydrogen-bond donors (Lipinski definition) is 2. The Kier molecular flexibility index (Phi) is 4.68. The van der Waals surface area contributed by atoms with Gasteiger partial charge in [-0.05, 0) is 44.4 Å². The van der Waals surface area contributed by atoms with E-state index >= 15 is 0 Å². The van der Waals surface area contributed by atoms with Crippen molar-refractivity contribution in [3.8, 4) is 0 Å². The molecule has 124 valence electrons. The molecule has 6 heteroatoms. The van der Waals surface area contributed by atoms with Crippen molar-refractivity contribution in [2.24, 2.45) is 5.92 Å². The second-order valence-electron chi connectivity index (χ2n) is 6.76. The minimum atomic E-state index is -0.578. The maximum absolute atomic E-state index is 12.6. The van der Waals surface area contributed by atoms with E-state index in [0.29, 0.717) is 32.0 Å². The molecule has 2 N–H and O–H groups in total. The summed E-state index contributed by atoms with van der Waals surface area (Å²) in [5.74, 6) is 0.798. The summed E-state index contributed by atoms with van der Waals surface area (Å²) in [7, 11) is 1.68. The van der Waals surface area contributed by atoms with Gasteiger partial charge in [0, 0.05) is 33.4 Å². The zero-order valence-corrected chi connectivity index (χ0v) is 13.4. The lowest BCUT2D eigenvalue weighted by atomic mass is 9.86. The van der Waals surface area contributed by atoms with Crippen LogP contribution in [0.5, 0.6) is 0 Å². The average Bonchev–Trinajstić information content (AvgIpc) is 3.25. The van der Waals surface area contributed by atoms with Crippen LogP contribution in [0.1, 0.15) is 38.5 Å². The number of likely N-dealkylation sites (tertiary alicyclic amines) is 1. The van der Waals surface area contributed by atoms with Crippen molar-refractivity contribution in [2.45, 2.75) is 50.1 Å². The molecular weight excluding hydrogens is 282 g/mol. The molecule has 1 aliphatic carbocycles. The Balaban J connectivity index is 1.73. The van der Waals surface area contributed by atoms with Crippen molar-refractivity contribution < 1.29 is 14.3 Å². The van der Waals surface area contributed by atoms with Gasteiger partial charge in [0.05, 0.1) is 6.04 Å². The van der Waals surface area contributed by atoms with Crippen molar-refractivity contribution in [2.75, 3.05) is 33.4 Å². The van der Waals surface area contributed by atoms with Gasteiger partial charge in [0.25, 0.3) is 0 Å². The highest BCUT2D eigenvalue weighted by Crippen LogP contribution is 2.35. The molecular formula is C16H27N3O3. The van der Waals surface area contributed by atoms with Crippen LogP contribution >= 0.6 is 0 Å². The van der Waals surface area contributed by atoms with E-state index in [9.17, 15) is 9.59 Å². The first-order chi connectivity index (χ1) is 10.7. The van der Waals surface area contributed by atoms with Crippen molar-refractivity contribution in [1.82, 2.24) is 15.5 Å². The van der Waals surface area contributed by atoms with Gasteiger partial charge in [0.1, 0.15) is 5.54 Å². The Bertz CT molecular complexity index is 430. The second kappa shape index (κ2) is 6.54. The summed E-state index contributed by atoms with van der Waals surface area (Å²) in [6.45, 7) is 2.77. The summed E-state index contributed by atoms with van der Waals surface area (Å²) >= 11 is 0. The molecule has 2 aliphatic heterocycles. The minimum absolute atomic E-state index is 0.0256. The topological polar surface area (TPSA) is 70.7 Å². The minimum Gasteiger partial charge on any atom is -0.381 e. The molecule has 2 amide bonds. The molecule has 1 saturated carbocycles. The van der Waals surface area contributed by atoms with Crippen LogP contribution < -0.4 is 10.6 Å². The lowest BCUT2D eigenvalue weighted by Crippen LogP contribution is -2.64. The number of amides is 2. The zero-order valence-electron chi connectivity index (χ0n) is 13.4. The third-order valence-corrected chi connectivity index (χ3v) is 5.34. The molecule has 1 atom stereocenters. The van der Waals surface area contributed by atoms with E-state index in [1.165, 1.54) is 12.8 Å². The van der Waals surface area contributed by atoms with Gasteiger partial charge in [-0.1, -0.05) is 0 Å². The SMILES string of the molecule is CNC(=O)C1(N2CCC[C@H]2C(=O)NCC2CC2)CCOCC1. The maximum Gasteiger partial charge on any atom is 0.240 e. The van der Waals surface area contributed by atoms with E-state index in [0.717, 1.165) is 25.9 Å². The maximum atomic E-state index is 12.6. The quantitative estimate of drug-likeness (QED) is 0.765. The molecule has 22 heavy (non-hydrogen) atoms. The molecule has 0 spiro atoms. The highest BCUT2D eigenvalue weighted by atomic mass is 16.5. The molecule has 0 bridgehead atoms. The molecule has 3 aliphatic rings. The highest BCUT2D eigenvalue weighted by molar-refractivity contribution is 5.88. The van der Waals surface area contributed by atoms with Crippen molar-refractivity contribution in [3.63, 3.8) is 0 Å². The number of carbonyl (C=O) groups excluding carboxylic acids is 2. The Morgan fingerprint density at radius 3 is 2.59 bits per heavy atom. The summed E-state index contributed by atoms with van der Waals surface area (Å²) < 4.78 is 5.45. The predicted molar refractivity (Wildman–Crippen MR) is 82.3 cm³/mol. The number of nitrogens with one attached hydrogen (secondary N) is 2. The largest absolute Gasteiger partial charge is 0.381 e. The molecule has 0 unspecified atom stereocenters. The van der Waals surface area contributed by atoms with E-state index in [-0.39, 0.29) is 17.9 Å². The van der Waals surface area contributed by atoms with Gasteiger partial charge in [-0.3, -0.25) is 14.5 Å². The number of likely N-dealkylation sites (N-methyl/N-ethyl adjacent to an activating group) is 1. The Labute approximate surface area is 131 Å². The standard InChI is InChI=1S/C16H27N3O3/c1-17-15(21)16(6-9-22-10-7-16)19-8-2-3-13(19)14(20)18-11-12-4-5-12/h12-13H,2-11H2,1H3,(H,17,21)(H,18,20)/t13-/m0/s1. The number of rotatable bonds is 5. The van der Waals surface area contributed by atoms with Gasteiger partial charge in [0.2, 0.25) is 11.8 Å². The van der Waals surface area contributed by atoms with Crippen LogP contribution in [0.15, 0.2) is 0 Å². The monoisotopic (exact) mass is 309 g/mol. The lowest BCUT2D eigenvalue weighted by molar-refractivity contribution is -0.145. The van der Waals surface area contributed by atoms with Gasteiger partial charge in [0.15, 0.2) is 0 Å². The Hall–Kier alpha value is -1.14.